The van der Waals surface area contributed by atoms with Crippen LogP contribution in [0.5, 0.6) is 0 Å². The van der Waals surface area contributed by atoms with Gasteiger partial charge in [-0.25, -0.2) is 0 Å². The summed E-state index contributed by atoms with van der Waals surface area (Å²) in [6.45, 7) is 5.95. The molecule has 0 radical (unpaired) electrons. The maximum absolute atomic E-state index is 12.8. The highest BCUT2D eigenvalue weighted by Crippen LogP contribution is 2.38. The minimum Gasteiger partial charge on any atom is -0.312 e. The molecule has 112 valence electrons. The minimum absolute atomic E-state index is 0.180. The predicted molar refractivity (Wildman–Crippen MR) is 88.8 cm³/mol. The molecule has 0 amide bonds. The van der Waals surface area contributed by atoms with E-state index >= 15 is 0 Å². The van der Waals surface area contributed by atoms with E-state index in [9.17, 15) is 4.79 Å². The van der Waals surface area contributed by atoms with Crippen LogP contribution in [-0.4, -0.2) is 11.1 Å². The first-order valence-electron chi connectivity index (χ1n) is 7.66. The van der Waals surface area contributed by atoms with Gasteiger partial charge in [0.05, 0.1) is 10.6 Å². The number of aromatic nitrogens is 1. The molecule has 21 heavy (non-hydrogen) atoms. The fourth-order valence-corrected chi connectivity index (χ4v) is 3.29. The van der Waals surface area contributed by atoms with Gasteiger partial charge < -0.3 is 9.88 Å². The van der Waals surface area contributed by atoms with Gasteiger partial charge in [0.15, 0.2) is 0 Å². The first kappa shape index (κ1) is 14.5. The van der Waals surface area contributed by atoms with Crippen LogP contribution in [0.1, 0.15) is 38.3 Å². The number of hydrogen-bond acceptors (Lipinski definition) is 3. The number of rotatable bonds is 6. The topological polar surface area (TPSA) is 34.0 Å². The van der Waals surface area contributed by atoms with Crippen molar-refractivity contribution in [2.75, 3.05) is 6.54 Å². The summed E-state index contributed by atoms with van der Waals surface area (Å²) in [4.78, 5) is 14.0. The summed E-state index contributed by atoms with van der Waals surface area (Å²) in [5.41, 5.74) is 2.13. The normalized spacial score (nSPS) is 14.8. The Hall–Kier alpha value is -1.39. The minimum atomic E-state index is 0.180. The Balaban J connectivity index is 1.91. The van der Waals surface area contributed by atoms with Crippen LogP contribution in [0, 0.1) is 5.92 Å². The number of thiophene rings is 1. The molecule has 1 aliphatic rings. The smallest absolute Gasteiger partial charge is 0.255 e. The first-order chi connectivity index (χ1) is 10.2. The molecule has 0 atom stereocenters. The van der Waals surface area contributed by atoms with Crippen molar-refractivity contribution < 1.29 is 0 Å². The molecule has 3 rings (SSSR count). The third-order valence-electron chi connectivity index (χ3n) is 3.75. The fourth-order valence-electron chi connectivity index (χ4n) is 2.55. The Morgan fingerprint density at radius 3 is 2.76 bits per heavy atom. The van der Waals surface area contributed by atoms with Crippen molar-refractivity contribution in [3.8, 4) is 10.6 Å². The van der Waals surface area contributed by atoms with Gasteiger partial charge >= 0.3 is 0 Å². The molecule has 4 heteroatoms. The van der Waals surface area contributed by atoms with Gasteiger partial charge in [0.1, 0.15) is 0 Å². The van der Waals surface area contributed by atoms with Crippen LogP contribution in [0.4, 0.5) is 0 Å². The van der Waals surface area contributed by atoms with E-state index in [4.69, 9.17) is 0 Å². The second-order valence-corrected chi connectivity index (χ2v) is 7.10. The zero-order chi connectivity index (χ0) is 14.8. The highest BCUT2D eigenvalue weighted by molar-refractivity contribution is 7.13. The van der Waals surface area contributed by atoms with Crippen molar-refractivity contribution in [2.24, 2.45) is 5.92 Å². The number of hydrogen-bond donors (Lipinski definition) is 1. The van der Waals surface area contributed by atoms with E-state index < -0.39 is 0 Å². The lowest BCUT2D eigenvalue weighted by atomic mass is 10.2. The molecule has 0 unspecified atom stereocenters. The zero-order valence-corrected chi connectivity index (χ0v) is 13.5. The van der Waals surface area contributed by atoms with Crippen molar-refractivity contribution in [1.82, 2.24) is 9.88 Å². The Morgan fingerprint density at radius 2 is 2.14 bits per heavy atom. The van der Waals surface area contributed by atoms with Gasteiger partial charge in [0.25, 0.3) is 5.56 Å². The monoisotopic (exact) mass is 302 g/mol. The molecular formula is C17H22N2OS. The molecule has 0 aromatic carbocycles. The summed E-state index contributed by atoms with van der Waals surface area (Å²) in [5.74, 6) is 0.598. The van der Waals surface area contributed by atoms with E-state index in [1.165, 1.54) is 4.88 Å². The second-order valence-electron chi connectivity index (χ2n) is 6.15. The third kappa shape index (κ3) is 3.27. The summed E-state index contributed by atoms with van der Waals surface area (Å²) in [6.07, 6.45) is 2.25. The fraction of sp³-hybridized carbons (Fsp3) is 0.471. The lowest BCUT2D eigenvalue weighted by Gasteiger charge is -2.14. The molecule has 0 bridgehead atoms. The SMILES string of the molecule is CC(C)CNCc1ccc(-c2cccs2)n(C2CC2)c1=O. The van der Waals surface area contributed by atoms with Gasteiger partial charge in [-0.05, 0) is 42.8 Å². The predicted octanol–water partition coefficient (Wildman–Crippen LogP) is 3.66. The Morgan fingerprint density at radius 1 is 1.33 bits per heavy atom. The molecular weight excluding hydrogens is 280 g/mol. The van der Waals surface area contributed by atoms with E-state index in [1.807, 2.05) is 16.7 Å². The molecule has 0 aliphatic heterocycles. The summed E-state index contributed by atoms with van der Waals surface area (Å²) < 4.78 is 2.01. The van der Waals surface area contributed by atoms with E-state index in [2.05, 4.69) is 36.7 Å². The lowest BCUT2D eigenvalue weighted by Crippen LogP contribution is -2.29. The summed E-state index contributed by atoms with van der Waals surface area (Å²) in [6, 6.07) is 8.63. The van der Waals surface area contributed by atoms with E-state index in [0.717, 1.165) is 30.6 Å². The van der Waals surface area contributed by atoms with Crippen LogP contribution in [0.25, 0.3) is 10.6 Å². The summed E-state index contributed by atoms with van der Waals surface area (Å²) in [5, 5.41) is 5.44. The average molecular weight is 302 g/mol. The molecule has 2 aromatic rings. The highest BCUT2D eigenvalue weighted by atomic mass is 32.1. The van der Waals surface area contributed by atoms with Gasteiger partial charge in [-0.2, -0.15) is 0 Å². The van der Waals surface area contributed by atoms with Gasteiger partial charge in [0, 0.05) is 18.2 Å². The first-order valence-corrected chi connectivity index (χ1v) is 8.54. The maximum atomic E-state index is 12.8. The zero-order valence-electron chi connectivity index (χ0n) is 12.6. The van der Waals surface area contributed by atoms with Crippen LogP contribution in [0.2, 0.25) is 0 Å². The number of nitrogens with zero attached hydrogens (tertiary/aromatic N) is 1. The van der Waals surface area contributed by atoms with Crippen molar-refractivity contribution in [1.29, 1.82) is 0 Å². The number of nitrogens with one attached hydrogen (secondary N) is 1. The van der Waals surface area contributed by atoms with E-state index in [0.29, 0.717) is 18.5 Å². The van der Waals surface area contributed by atoms with E-state index in [-0.39, 0.29) is 5.56 Å². The average Bonchev–Trinajstić information content (AvgIpc) is 3.13. The van der Waals surface area contributed by atoms with Crippen molar-refractivity contribution in [2.45, 2.75) is 39.3 Å². The second kappa shape index (κ2) is 6.16. The van der Waals surface area contributed by atoms with Crippen molar-refractivity contribution in [3.05, 3.63) is 45.6 Å². The Labute approximate surface area is 129 Å². The van der Waals surface area contributed by atoms with Crippen LogP contribution < -0.4 is 10.9 Å². The molecule has 1 fully saturated rings. The van der Waals surface area contributed by atoms with Gasteiger partial charge in [-0.15, -0.1) is 11.3 Å². The lowest BCUT2D eigenvalue weighted by molar-refractivity contribution is 0.548. The standard InChI is InChI=1S/C17H22N2OS/c1-12(2)10-18-11-13-5-8-15(16-4-3-9-21-16)19(17(13)20)14-6-7-14/h3-5,8-9,12,14,18H,6-7,10-11H2,1-2H3. The Kier molecular flexibility index (Phi) is 4.27. The molecule has 1 aliphatic carbocycles. The molecule has 1 saturated carbocycles. The van der Waals surface area contributed by atoms with Crippen LogP contribution in [-0.2, 0) is 6.54 Å². The molecule has 2 aromatic heterocycles. The molecule has 0 spiro atoms. The van der Waals surface area contributed by atoms with Gasteiger partial charge in [0.2, 0.25) is 0 Å². The third-order valence-corrected chi connectivity index (χ3v) is 4.64. The Bertz CT molecular complexity index is 654. The number of pyridine rings is 1. The van der Waals surface area contributed by atoms with Gasteiger partial charge in [-0.3, -0.25) is 4.79 Å². The molecule has 3 nitrogen and oxygen atoms in total. The van der Waals surface area contributed by atoms with Crippen molar-refractivity contribution in [3.63, 3.8) is 0 Å². The van der Waals surface area contributed by atoms with Crippen LogP contribution in [0.3, 0.4) is 0 Å². The summed E-state index contributed by atoms with van der Waals surface area (Å²) in [7, 11) is 0. The summed E-state index contributed by atoms with van der Waals surface area (Å²) >= 11 is 1.70. The van der Waals surface area contributed by atoms with Crippen molar-refractivity contribution >= 4 is 11.3 Å². The quantitative estimate of drug-likeness (QED) is 0.883. The van der Waals surface area contributed by atoms with Gasteiger partial charge in [-0.1, -0.05) is 26.0 Å². The van der Waals surface area contributed by atoms with E-state index in [1.54, 1.807) is 11.3 Å². The highest BCUT2D eigenvalue weighted by Gasteiger charge is 2.28. The van der Waals surface area contributed by atoms with Crippen LogP contribution >= 0.6 is 11.3 Å². The molecule has 1 N–H and O–H groups in total. The van der Waals surface area contributed by atoms with Crippen LogP contribution in [0.15, 0.2) is 34.4 Å². The maximum Gasteiger partial charge on any atom is 0.255 e. The largest absolute Gasteiger partial charge is 0.312 e. The molecule has 0 saturated heterocycles. The molecule has 2 heterocycles.